The predicted octanol–water partition coefficient (Wildman–Crippen LogP) is 1.99. The summed E-state index contributed by atoms with van der Waals surface area (Å²) in [5.74, 6) is 0. The van der Waals surface area contributed by atoms with Crippen LogP contribution in [0.2, 0.25) is 0 Å². The van der Waals surface area contributed by atoms with Gasteiger partial charge in [0.15, 0.2) is 5.01 Å². The van der Waals surface area contributed by atoms with Gasteiger partial charge in [-0.3, -0.25) is 5.10 Å². The minimum absolute atomic E-state index is 0.305. The Morgan fingerprint density at radius 2 is 2.31 bits per heavy atom. The molecule has 1 atom stereocenters. The lowest BCUT2D eigenvalue weighted by atomic mass is 10.2. The van der Waals surface area contributed by atoms with Gasteiger partial charge in [0.1, 0.15) is 5.01 Å². The van der Waals surface area contributed by atoms with Crippen molar-refractivity contribution in [3.63, 3.8) is 0 Å². The first-order valence-corrected chi connectivity index (χ1v) is 6.23. The Hall–Kier alpha value is -1.27. The number of aromatic amines is 1. The molecule has 0 fully saturated rings. The molecule has 0 saturated heterocycles. The smallest absolute Gasteiger partial charge is 0.165 e. The van der Waals surface area contributed by atoms with Crippen LogP contribution in [0.3, 0.4) is 0 Å². The molecule has 6 heteroatoms. The highest BCUT2D eigenvalue weighted by Crippen LogP contribution is 2.26. The lowest BCUT2D eigenvalue weighted by Crippen LogP contribution is -2.19. The summed E-state index contributed by atoms with van der Waals surface area (Å²) in [7, 11) is 0. The van der Waals surface area contributed by atoms with E-state index in [2.05, 4.69) is 39.6 Å². The number of nitrogens with zero attached hydrogens (tertiary/aromatic N) is 3. The third-order valence-electron chi connectivity index (χ3n) is 2.33. The van der Waals surface area contributed by atoms with Crippen molar-refractivity contribution >= 4 is 11.3 Å². The topological polar surface area (TPSA) is 66.5 Å². The molecular weight excluding hydrogens is 222 g/mol. The van der Waals surface area contributed by atoms with E-state index >= 15 is 0 Å². The Kier molecular flexibility index (Phi) is 3.63. The molecule has 0 spiro atoms. The van der Waals surface area contributed by atoms with E-state index in [1.807, 2.05) is 6.07 Å². The fourth-order valence-electron chi connectivity index (χ4n) is 1.51. The standard InChI is InChI=1S/C10H15N5S/c1-3-7(11-4-2)9-14-15-10(16-9)8-5-6-12-13-8/h5-7,11H,3-4H2,1-2H3,(H,12,13). The summed E-state index contributed by atoms with van der Waals surface area (Å²) in [5, 5.41) is 20.5. The third kappa shape index (κ3) is 2.28. The molecule has 2 heterocycles. The summed E-state index contributed by atoms with van der Waals surface area (Å²) in [6.45, 7) is 5.18. The molecule has 86 valence electrons. The van der Waals surface area contributed by atoms with Gasteiger partial charge in [0.25, 0.3) is 0 Å². The molecule has 0 aliphatic carbocycles. The third-order valence-corrected chi connectivity index (χ3v) is 3.40. The summed E-state index contributed by atoms with van der Waals surface area (Å²) in [5.41, 5.74) is 0.926. The molecule has 2 N–H and O–H groups in total. The fraction of sp³-hybridized carbons (Fsp3) is 0.500. The summed E-state index contributed by atoms with van der Waals surface area (Å²) < 4.78 is 0. The lowest BCUT2D eigenvalue weighted by Gasteiger charge is -2.10. The van der Waals surface area contributed by atoms with Crippen LogP contribution in [-0.4, -0.2) is 26.9 Å². The van der Waals surface area contributed by atoms with Gasteiger partial charge in [-0.15, -0.1) is 10.2 Å². The second kappa shape index (κ2) is 5.18. The van der Waals surface area contributed by atoms with E-state index in [9.17, 15) is 0 Å². The summed E-state index contributed by atoms with van der Waals surface area (Å²) in [6, 6.07) is 2.21. The molecule has 0 radical (unpaired) electrons. The Balaban J connectivity index is 2.18. The normalized spacial score (nSPS) is 12.9. The van der Waals surface area contributed by atoms with Crippen LogP contribution < -0.4 is 5.32 Å². The minimum Gasteiger partial charge on any atom is -0.308 e. The van der Waals surface area contributed by atoms with Gasteiger partial charge in [-0.2, -0.15) is 5.10 Å². The van der Waals surface area contributed by atoms with Crippen molar-refractivity contribution < 1.29 is 0 Å². The molecule has 0 amide bonds. The predicted molar refractivity (Wildman–Crippen MR) is 64.2 cm³/mol. The van der Waals surface area contributed by atoms with Crippen molar-refractivity contribution in [2.75, 3.05) is 6.54 Å². The first-order valence-electron chi connectivity index (χ1n) is 5.41. The van der Waals surface area contributed by atoms with Crippen molar-refractivity contribution in [2.24, 2.45) is 0 Å². The highest BCUT2D eigenvalue weighted by molar-refractivity contribution is 7.14. The van der Waals surface area contributed by atoms with E-state index in [0.717, 1.165) is 28.7 Å². The van der Waals surface area contributed by atoms with Crippen LogP contribution in [0.15, 0.2) is 12.3 Å². The molecule has 0 aliphatic rings. The first kappa shape index (κ1) is 11.2. The average molecular weight is 237 g/mol. The summed E-state index contributed by atoms with van der Waals surface area (Å²) >= 11 is 1.61. The van der Waals surface area contributed by atoms with Crippen LogP contribution in [-0.2, 0) is 0 Å². The number of hydrogen-bond acceptors (Lipinski definition) is 5. The zero-order valence-corrected chi connectivity index (χ0v) is 10.2. The van der Waals surface area contributed by atoms with Gasteiger partial charge in [-0.1, -0.05) is 25.2 Å². The summed E-state index contributed by atoms with van der Waals surface area (Å²) in [6.07, 6.45) is 2.74. The zero-order valence-electron chi connectivity index (χ0n) is 9.40. The van der Waals surface area contributed by atoms with Crippen molar-refractivity contribution in [1.82, 2.24) is 25.7 Å². The second-order valence-electron chi connectivity index (χ2n) is 3.43. The van der Waals surface area contributed by atoms with Crippen LogP contribution >= 0.6 is 11.3 Å². The number of hydrogen-bond donors (Lipinski definition) is 2. The minimum atomic E-state index is 0.305. The molecule has 0 aliphatic heterocycles. The Morgan fingerprint density at radius 1 is 1.44 bits per heavy atom. The molecule has 0 saturated carbocycles. The highest BCUT2D eigenvalue weighted by Gasteiger charge is 2.14. The molecule has 2 rings (SSSR count). The van der Waals surface area contributed by atoms with Crippen molar-refractivity contribution in [2.45, 2.75) is 26.3 Å². The van der Waals surface area contributed by atoms with E-state index in [4.69, 9.17) is 0 Å². The van der Waals surface area contributed by atoms with Crippen LogP contribution in [0, 0.1) is 0 Å². The summed E-state index contributed by atoms with van der Waals surface area (Å²) in [4.78, 5) is 0. The second-order valence-corrected chi connectivity index (χ2v) is 4.44. The van der Waals surface area contributed by atoms with Crippen LogP contribution in [0.4, 0.5) is 0 Å². The molecule has 5 nitrogen and oxygen atoms in total. The average Bonchev–Trinajstić information content (AvgIpc) is 2.95. The SMILES string of the molecule is CCNC(CC)c1nnc(-c2ccn[nH]2)s1. The van der Waals surface area contributed by atoms with Gasteiger partial charge < -0.3 is 5.32 Å². The molecule has 2 aromatic heterocycles. The van der Waals surface area contributed by atoms with Crippen LogP contribution in [0.5, 0.6) is 0 Å². The molecule has 0 bridgehead atoms. The number of rotatable bonds is 5. The van der Waals surface area contributed by atoms with Gasteiger partial charge in [-0.05, 0) is 19.0 Å². The number of nitrogens with one attached hydrogen (secondary N) is 2. The van der Waals surface area contributed by atoms with E-state index in [1.54, 1.807) is 17.5 Å². The highest BCUT2D eigenvalue weighted by atomic mass is 32.1. The zero-order chi connectivity index (χ0) is 11.4. The van der Waals surface area contributed by atoms with E-state index in [-0.39, 0.29) is 0 Å². The van der Waals surface area contributed by atoms with Gasteiger partial charge in [0.2, 0.25) is 0 Å². The quantitative estimate of drug-likeness (QED) is 0.834. The van der Waals surface area contributed by atoms with Gasteiger partial charge in [0.05, 0.1) is 11.7 Å². The Labute approximate surface area is 98.3 Å². The molecule has 16 heavy (non-hydrogen) atoms. The van der Waals surface area contributed by atoms with Crippen molar-refractivity contribution in [1.29, 1.82) is 0 Å². The molecule has 1 unspecified atom stereocenters. The van der Waals surface area contributed by atoms with E-state index in [1.165, 1.54) is 0 Å². The van der Waals surface area contributed by atoms with E-state index in [0.29, 0.717) is 6.04 Å². The van der Waals surface area contributed by atoms with Crippen molar-refractivity contribution in [3.8, 4) is 10.7 Å². The maximum absolute atomic E-state index is 4.22. The van der Waals surface area contributed by atoms with Crippen molar-refractivity contribution in [3.05, 3.63) is 17.3 Å². The van der Waals surface area contributed by atoms with Crippen LogP contribution in [0.25, 0.3) is 10.7 Å². The Morgan fingerprint density at radius 3 is 2.94 bits per heavy atom. The largest absolute Gasteiger partial charge is 0.308 e. The molecule has 2 aromatic rings. The maximum atomic E-state index is 4.22. The van der Waals surface area contributed by atoms with Crippen LogP contribution in [0.1, 0.15) is 31.3 Å². The van der Waals surface area contributed by atoms with Gasteiger partial charge in [-0.25, -0.2) is 0 Å². The first-order chi connectivity index (χ1) is 7.85. The molecular formula is C10H15N5S. The molecule has 0 aromatic carbocycles. The number of H-pyrrole nitrogens is 1. The van der Waals surface area contributed by atoms with Gasteiger partial charge >= 0.3 is 0 Å². The number of aromatic nitrogens is 4. The lowest BCUT2D eigenvalue weighted by molar-refractivity contribution is 0.531. The monoisotopic (exact) mass is 237 g/mol. The van der Waals surface area contributed by atoms with E-state index < -0.39 is 0 Å². The maximum Gasteiger partial charge on any atom is 0.165 e. The Bertz CT molecular complexity index is 422. The fourth-order valence-corrected chi connectivity index (χ4v) is 2.49. The van der Waals surface area contributed by atoms with Gasteiger partial charge in [0, 0.05) is 6.20 Å².